The lowest BCUT2D eigenvalue weighted by Crippen LogP contribution is -2.08. The highest BCUT2D eigenvalue weighted by molar-refractivity contribution is 5.35. The average molecular weight is 282 g/mol. The molecular weight excluding hydrogens is 269 g/mol. The maximum atomic E-state index is 12.8. The minimum absolute atomic E-state index is 0.314. The van der Waals surface area contributed by atoms with Crippen molar-refractivity contribution in [3.63, 3.8) is 0 Å². The number of pyridine rings is 1. The van der Waals surface area contributed by atoms with Crippen LogP contribution in [0.2, 0.25) is 0 Å². The molecule has 1 aromatic carbocycles. The normalized spacial score (nSPS) is 11.4. The number of rotatable bonds is 4. The second-order valence-corrected chi connectivity index (χ2v) is 4.13. The van der Waals surface area contributed by atoms with Crippen LogP contribution in [0.1, 0.15) is 11.1 Å². The van der Waals surface area contributed by atoms with Crippen LogP contribution in [0.5, 0.6) is 11.6 Å². The number of nitrogens with zero attached hydrogens (tertiary/aromatic N) is 1. The van der Waals surface area contributed by atoms with Gasteiger partial charge in [0.15, 0.2) is 0 Å². The van der Waals surface area contributed by atoms with Gasteiger partial charge in [-0.2, -0.15) is 13.2 Å². The second-order valence-electron chi connectivity index (χ2n) is 4.13. The van der Waals surface area contributed by atoms with E-state index in [4.69, 9.17) is 4.74 Å². The van der Waals surface area contributed by atoms with E-state index in [9.17, 15) is 13.2 Å². The molecule has 6 heteroatoms. The largest absolute Gasteiger partial charge is 0.438 e. The maximum absolute atomic E-state index is 12.8. The summed E-state index contributed by atoms with van der Waals surface area (Å²) in [6, 6.07) is 8.95. The Morgan fingerprint density at radius 1 is 1.15 bits per heavy atom. The Morgan fingerprint density at radius 2 is 1.85 bits per heavy atom. The first-order chi connectivity index (χ1) is 9.50. The molecule has 0 amide bonds. The highest BCUT2D eigenvalue weighted by atomic mass is 19.4. The molecule has 0 aliphatic heterocycles. The van der Waals surface area contributed by atoms with Gasteiger partial charge in [-0.05, 0) is 36.9 Å². The molecule has 0 fully saturated rings. The molecule has 0 radical (unpaired) electrons. The molecule has 0 unspecified atom stereocenters. The van der Waals surface area contributed by atoms with E-state index in [1.54, 1.807) is 24.3 Å². The predicted molar refractivity (Wildman–Crippen MR) is 68.5 cm³/mol. The summed E-state index contributed by atoms with van der Waals surface area (Å²) in [6.07, 6.45) is -3.23. The van der Waals surface area contributed by atoms with E-state index >= 15 is 0 Å². The molecule has 2 aromatic rings. The number of ether oxygens (including phenoxy) is 1. The molecule has 3 nitrogen and oxygen atoms in total. The molecule has 0 spiro atoms. The predicted octanol–water partition coefficient (Wildman–Crippen LogP) is 3.61. The number of aromatic nitrogens is 1. The van der Waals surface area contributed by atoms with Crippen LogP contribution in [-0.4, -0.2) is 12.0 Å². The summed E-state index contributed by atoms with van der Waals surface area (Å²) in [4.78, 5) is 3.64. The lowest BCUT2D eigenvalue weighted by Gasteiger charge is -2.12. The van der Waals surface area contributed by atoms with Crippen molar-refractivity contribution in [1.82, 2.24) is 10.3 Å². The van der Waals surface area contributed by atoms with Gasteiger partial charge in [0.05, 0.1) is 0 Å². The van der Waals surface area contributed by atoms with Crippen molar-refractivity contribution in [3.05, 3.63) is 53.7 Å². The third-order valence-corrected chi connectivity index (χ3v) is 2.60. The van der Waals surface area contributed by atoms with Gasteiger partial charge >= 0.3 is 6.18 Å². The van der Waals surface area contributed by atoms with Crippen LogP contribution in [0.15, 0.2) is 42.6 Å². The van der Waals surface area contributed by atoms with Crippen LogP contribution in [-0.2, 0) is 12.7 Å². The van der Waals surface area contributed by atoms with Gasteiger partial charge in [-0.1, -0.05) is 12.1 Å². The fourth-order valence-electron chi connectivity index (χ4n) is 1.68. The van der Waals surface area contributed by atoms with Gasteiger partial charge in [-0.3, -0.25) is 0 Å². The van der Waals surface area contributed by atoms with Crippen LogP contribution in [0, 0.1) is 0 Å². The molecule has 0 saturated heterocycles. The summed E-state index contributed by atoms with van der Waals surface area (Å²) < 4.78 is 43.6. The van der Waals surface area contributed by atoms with Crippen molar-refractivity contribution in [2.75, 3.05) is 7.05 Å². The minimum Gasteiger partial charge on any atom is -0.438 e. The van der Waals surface area contributed by atoms with Crippen LogP contribution in [0.25, 0.3) is 0 Å². The van der Waals surface area contributed by atoms with E-state index in [0.29, 0.717) is 12.3 Å². The van der Waals surface area contributed by atoms with Crippen molar-refractivity contribution in [3.8, 4) is 11.6 Å². The Bertz CT molecular complexity index is 567. The molecule has 0 aliphatic carbocycles. The SMILES string of the molecule is CNCc1ccc(Oc2ncccc2C(F)(F)F)cc1. The molecule has 0 saturated carbocycles. The lowest BCUT2D eigenvalue weighted by atomic mass is 10.2. The van der Waals surface area contributed by atoms with Crippen molar-refractivity contribution >= 4 is 0 Å². The standard InChI is InChI=1S/C14H13F3N2O/c1-18-9-10-4-6-11(7-5-10)20-13-12(14(15,16)17)3-2-8-19-13/h2-8,18H,9H2,1H3. The fraction of sp³-hybridized carbons (Fsp3) is 0.214. The Hall–Kier alpha value is -2.08. The molecule has 20 heavy (non-hydrogen) atoms. The quantitative estimate of drug-likeness (QED) is 0.930. The first-order valence-electron chi connectivity index (χ1n) is 5.94. The van der Waals surface area contributed by atoms with Gasteiger partial charge in [0.2, 0.25) is 5.88 Å². The summed E-state index contributed by atoms with van der Waals surface area (Å²) in [5, 5.41) is 2.98. The lowest BCUT2D eigenvalue weighted by molar-refractivity contribution is -0.138. The highest BCUT2D eigenvalue weighted by Gasteiger charge is 2.35. The second kappa shape index (κ2) is 5.92. The van der Waals surface area contributed by atoms with E-state index in [-0.39, 0.29) is 0 Å². The topological polar surface area (TPSA) is 34.1 Å². The van der Waals surface area contributed by atoms with E-state index in [0.717, 1.165) is 11.6 Å². The zero-order valence-corrected chi connectivity index (χ0v) is 10.7. The van der Waals surface area contributed by atoms with E-state index < -0.39 is 17.6 Å². The first kappa shape index (κ1) is 14.3. The zero-order valence-electron chi connectivity index (χ0n) is 10.7. The summed E-state index contributed by atoms with van der Waals surface area (Å²) >= 11 is 0. The Labute approximate surface area is 114 Å². The number of halogens is 3. The smallest absolute Gasteiger partial charge is 0.421 e. The van der Waals surface area contributed by atoms with Gasteiger partial charge < -0.3 is 10.1 Å². The monoisotopic (exact) mass is 282 g/mol. The molecule has 0 aliphatic rings. The number of nitrogens with one attached hydrogen (secondary N) is 1. The number of hydrogen-bond acceptors (Lipinski definition) is 3. The molecule has 1 aromatic heterocycles. The molecule has 0 atom stereocenters. The van der Waals surface area contributed by atoms with Crippen molar-refractivity contribution in [2.24, 2.45) is 0 Å². The maximum Gasteiger partial charge on any atom is 0.421 e. The summed E-state index contributed by atoms with van der Waals surface area (Å²) in [5.41, 5.74) is 0.121. The van der Waals surface area contributed by atoms with Gasteiger partial charge in [-0.15, -0.1) is 0 Å². The molecule has 0 bridgehead atoms. The van der Waals surface area contributed by atoms with Crippen LogP contribution in [0.3, 0.4) is 0 Å². The average Bonchev–Trinajstić information content (AvgIpc) is 2.41. The van der Waals surface area contributed by atoms with Crippen LogP contribution in [0.4, 0.5) is 13.2 Å². The Morgan fingerprint density at radius 3 is 2.45 bits per heavy atom. The van der Waals surface area contributed by atoms with Gasteiger partial charge in [0.25, 0.3) is 0 Å². The first-order valence-corrected chi connectivity index (χ1v) is 5.94. The molecule has 106 valence electrons. The Balaban J connectivity index is 2.22. The van der Waals surface area contributed by atoms with Crippen molar-refractivity contribution in [2.45, 2.75) is 12.7 Å². The molecule has 2 rings (SSSR count). The molecule has 1 heterocycles. The third-order valence-electron chi connectivity index (χ3n) is 2.60. The van der Waals surface area contributed by atoms with Gasteiger partial charge in [0.1, 0.15) is 11.3 Å². The van der Waals surface area contributed by atoms with Crippen LogP contribution < -0.4 is 10.1 Å². The van der Waals surface area contributed by atoms with Crippen molar-refractivity contribution in [1.29, 1.82) is 0 Å². The summed E-state index contributed by atoms with van der Waals surface area (Å²) in [5.74, 6) is -0.129. The van der Waals surface area contributed by atoms with Gasteiger partial charge in [-0.25, -0.2) is 4.98 Å². The number of hydrogen-bond donors (Lipinski definition) is 1. The third kappa shape index (κ3) is 3.48. The number of benzene rings is 1. The summed E-state index contributed by atoms with van der Waals surface area (Å²) in [6.45, 7) is 0.678. The highest BCUT2D eigenvalue weighted by Crippen LogP contribution is 2.36. The van der Waals surface area contributed by atoms with E-state index in [2.05, 4.69) is 10.3 Å². The van der Waals surface area contributed by atoms with Gasteiger partial charge in [0, 0.05) is 12.7 Å². The summed E-state index contributed by atoms with van der Waals surface area (Å²) in [7, 11) is 1.81. The van der Waals surface area contributed by atoms with Crippen LogP contribution >= 0.6 is 0 Å². The van der Waals surface area contributed by atoms with E-state index in [1.165, 1.54) is 12.3 Å². The fourth-order valence-corrected chi connectivity index (χ4v) is 1.68. The van der Waals surface area contributed by atoms with E-state index in [1.807, 2.05) is 7.05 Å². The zero-order chi connectivity index (χ0) is 14.6. The van der Waals surface area contributed by atoms with Crippen molar-refractivity contribution < 1.29 is 17.9 Å². The Kier molecular flexibility index (Phi) is 4.24. The minimum atomic E-state index is -4.49. The molecule has 1 N–H and O–H groups in total. The molecular formula is C14H13F3N2O. The number of alkyl halides is 3.